The second-order valence-electron chi connectivity index (χ2n) is 6.40. The largest absolute Gasteiger partial charge is 0.270 e. The summed E-state index contributed by atoms with van der Waals surface area (Å²) < 4.78 is 2.18. The van der Waals surface area contributed by atoms with Crippen LogP contribution in [0.25, 0.3) is 16.6 Å². The van der Waals surface area contributed by atoms with E-state index in [2.05, 4.69) is 65.7 Å². The van der Waals surface area contributed by atoms with Crippen LogP contribution >= 0.6 is 23.4 Å². The van der Waals surface area contributed by atoms with Crippen LogP contribution in [-0.4, -0.2) is 14.6 Å². The number of aromatic nitrogens is 3. The highest BCUT2D eigenvalue weighted by Gasteiger charge is 2.14. The second kappa shape index (κ2) is 6.36. The normalized spacial score (nSPS) is 11.5. The summed E-state index contributed by atoms with van der Waals surface area (Å²) in [5, 5.41) is 11.8. The molecule has 25 heavy (non-hydrogen) atoms. The van der Waals surface area contributed by atoms with Crippen molar-refractivity contribution in [2.24, 2.45) is 0 Å². The first kappa shape index (κ1) is 16.4. The first-order chi connectivity index (χ1) is 12.0. The molecule has 0 aliphatic carbocycles. The lowest BCUT2D eigenvalue weighted by Crippen LogP contribution is -1.96. The SMILES string of the molecule is Cc1cc(C)c2c(c1)c(C)cc1nnc(SCc3ccc(Cl)cc3)n12. The van der Waals surface area contributed by atoms with Gasteiger partial charge in [-0.25, -0.2) is 0 Å². The van der Waals surface area contributed by atoms with Crippen molar-refractivity contribution in [3.63, 3.8) is 0 Å². The summed E-state index contributed by atoms with van der Waals surface area (Å²) in [6, 6.07) is 14.5. The van der Waals surface area contributed by atoms with Gasteiger partial charge in [-0.1, -0.05) is 47.1 Å². The highest BCUT2D eigenvalue weighted by atomic mass is 35.5. The van der Waals surface area contributed by atoms with Crippen LogP contribution in [0.4, 0.5) is 0 Å². The zero-order valence-electron chi connectivity index (χ0n) is 14.4. The van der Waals surface area contributed by atoms with E-state index in [1.54, 1.807) is 11.8 Å². The maximum Gasteiger partial charge on any atom is 0.196 e. The number of hydrogen-bond acceptors (Lipinski definition) is 3. The highest BCUT2D eigenvalue weighted by molar-refractivity contribution is 7.98. The molecule has 0 radical (unpaired) electrons. The predicted molar refractivity (Wildman–Crippen MR) is 106 cm³/mol. The average Bonchev–Trinajstić information content (AvgIpc) is 2.97. The van der Waals surface area contributed by atoms with E-state index in [0.717, 1.165) is 21.6 Å². The van der Waals surface area contributed by atoms with Crippen LogP contribution in [0.3, 0.4) is 0 Å². The molecular formula is C20H18ClN3S. The second-order valence-corrected chi connectivity index (χ2v) is 7.78. The highest BCUT2D eigenvalue weighted by Crippen LogP contribution is 2.30. The number of fused-ring (bicyclic) bond motifs is 3. The van der Waals surface area contributed by atoms with Crippen LogP contribution in [0, 0.1) is 20.8 Å². The Balaban J connectivity index is 1.82. The van der Waals surface area contributed by atoms with Crippen molar-refractivity contribution in [1.82, 2.24) is 14.6 Å². The van der Waals surface area contributed by atoms with Crippen LogP contribution in [0.2, 0.25) is 5.02 Å². The van der Waals surface area contributed by atoms with Crippen LogP contribution < -0.4 is 0 Å². The van der Waals surface area contributed by atoms with E-state index in [4.69, 9.17) is 11.6 Å². The van der Waals surface area contributed by atoms with Gasteiger partial charge in [-0.2, -0.15) is 0 Å². The molecule has 4 aromatic rings. The molecule has 0 spiro atoms. The van der Waals surface area contributed by atoms with E-state index in [9.17, 15) is 0 Å². The molecule has 0 aliphatic heterocycles. The number of aryl methyl sites for hydroxylation is 3. The molecule has 4 rings (SSSR count). The third-order valence-corrected chi connectivity index (χ3v) is 5.63. The Hall–Kier alpha value is -2.04. The Morgan fingerprint density at radius 2 is 1.72 bits per heavy atom. The molecule has 0 fully saturated rings. The van der Waals surface area contributed by atoms with Crippen molar-refractivity contribution >= 4 is 39.9 Å². The number of hydrogen-bond donors (Lipinski definition) is 0. The molecule has 2 heterocycles. The number of pyridine rings is 1. The number of thioether (sulfide) groups is 1. The summed E-state index contributed by atoms with van der Waals surface area (Å²) in [6.45, 7) is 6.43. The van der Waals surface area contributed by atoms with Gasteiger partial charge in [0.1, 0.15) is 0 Å². The summed E-state index contributed by atoms with van der Waals surface area (Å²) in [5.74, 6) is 0.832. The standard InChI is InChI=1S/C20H18ClN3S/c1-12-8-14(3)19-17(9-12)13(2)10-18-22-23-20(24(18)19)25-11-15-4-6-16(21)7-5-15/h4-10H,11H2,1-3H3. The van der Waals surface area contributed by atoms with Gasteiger partial charge in [0, 0.05) is 16.2 Å². The lowest BCUT2D eigenvalue weighted by molar-refractivity contribution is 0.937. The van der Waals surface area contributed by atoms with Gasteiger partial charge in [0.25, 0.3) is 0 Å². The fourth-order valence-electron chi connectivity index (χ4n) is 3.24. The third-order valence-electron chi connectivity index (χ3n) is 4.38. The van der Waals surface area contributed by atoms with Crippen LogP contribution in [0.5, 0.6) is 0 Å². The molecule has 126 valence electrons. The Kier molecular flexibility index (Phi) is 4.18. The summed E-state index contributed by atoms with van der Waals surface area (Å²) in [5.41, 5.74) is 7.07. The Morgan fingerprint density at radius 3 is 2.48 bits per heavy atom. The molecule has 0 atom stereocenters. The lowest BCUT2D eigenvalue weighted by atomic mass is 10.0. The smallest absolute Gasteiger partial charge is 0.196 e. The lowest BCUT2D eigenvalue weighted by Gasteiger charge is -2.11. The maximum absolute atomic E-state index is 5.97. The molecule has 0 aliphatic rings. The number of rotatable bonds is 3. The van der Waals surface area contributed by atoms with E-state index in [-0.39, 0.29) is 0 Å². The minimum absolute atomic E-state index is 0.758. The van der Waals surface area contributed by atoms with Gasteiger partial charge in [0.05, 0.1) is 5.52 Å². The Morgan fingerprint density at radius 1 is 0.960 bits per heavy atom. The molecule has 2 aromatic carbocycles. The van der Waals surface area contributed by atoms with Gasteiger partial charge in [0.15, 0.2) is 10.8 Å². The molecule has 0 amide bonds. The van der Waals surface area contributed by atoms with Gasteiger partial charge in [-0.15, -0.1) is 10.2 Å². The van der Waals surface area contributed by atoms with Crippen LogP contribution in [-0.2, 0) is 5.75 Å². The van der Waals surface area contributed by atoms with Gasteiger partial charge < -0.3 is 0 Å². The maximum atomic E-state index is 5.97. The number of nitrogens with zero attached hydrogens (tertiary/aromatic N) is 3. The molecule has 0 N–H and O–H groups in total. The Labute approximate surface area is 156 Å². The fraction of sp³-hybridized carbons (Fsp3) is 0.200. The quantitative estimate of drug-likeness (QED) is 0.431. The van der Waals surface area contributed by atoms with Gasteiger partial charge in [-0.3, -0.25) is 4.40 Å². The van der Waals surface area contributed by atoms with Crippen molar-refractivity contribution in [3.05, 3.63) is 69.7 Å². The van der Waals surface area contributed by atoms with Crippen molar-refractivity contribution < 1.29 is 0 Å². The van der Waals surface area contributed by atoms with E-state index in [0.29, 0.717) is 0 Å². The van der Waals surface area contributed by atoms with Crippen LogP contribution in [0.15, 0.2) is 47.6 Å². The molecule has 0 unspecified atom stereocenters. The molecule has 0 saturated carbocycles. The third kappa shape index (κ3) is 3.00. The molecule has 0 saturated heterocycles. The summed E-state index contributed by atoms with van der Waals surface area (Å²) >= 11 is 7.66. The van der Waals surface area contributed by atoms with Gasteiger partial charge in [-0.05, 0) is 61.7 Å². The van der Waals surface area contributed by atoms with Crippen molar-refractivity contribution in [2.45, 2.75) is 31.7 Å². The van der Waals surface area contributed by atoms with Gasteiger partial charge >= 0.3 is 0 Å². The predicted octanol–water partition coefficient (Wildman–Crippen LogP) is 5.75. The first-order valence-electron chi connectivity index (χ1n) is 8.16. The minimum Gasteiger partial charge on any atom is -0.270 e. The summed E-state index contributed by atoms with van der Waals surface area (Å²) in [7, 11) is 0. The fourth-order valence-corrected chi connectivity index (χ4v) is 4.26. The van der Waals surface area contributed by atoms with Crippen molar-refractivity contribution in [1.29, 1.82) is 0 Å². The van der Waals surface area contributed by atoms with Crippen molar-refractivity contribution in [3.8, 4) is 0 Å². The van der Waals surface area contributed by atoms with Gasteiger partial charge in [0.2, 0.25) is 0 Å². The molecule has 0 bridgehead atoms. The molecule has 2 aromatic heterocycles. The number of benzene rings is 2. The van der Waals surface area contributed by atoms with Crippen LogP contribution in [0.1, 0.15) is 22.3 Å². The zero-order chi connectivity index (χ0) is 17.6. The van der Waals surface area contributed by atoms with E-state index in [1.165, 1.54) is 33.2 Å². The summed E-state index contributed by atoms with van der Waals surface area (Å²) in [4.78, 5) is 0. The monoisotopic (exact) mass is 367 g/mol. The van der Waals surface area contributed by atoms with Crippen molar-refractivity contribution in [2.75, 3.05) is 0 Å². The van der Waals surface area contributed by atoms with E-state index in [1.807, 2.05) is 12.1 Å². The Bertz CT molecular complexity index is 1080. The average molecular weight is 368 g/mol. The first-order valence-corrected chi connectivity index (χ1v) is 9.52. The van der Waals surface area contributed by atoms with E-state index >= 15 is 0 Å². The minimum atomic E-state index is 0.758. The topological polar surface area (TPSA) is 30.2 Å². The zero-order valence-corrected chi connectivity index (χ0v) is 15.9. The molecule has 5 heteroatoms. The van der Waals surface area contributed by atoms with E-state index < -0.39 is 0 Å². The molecular weight excluding hydrogens is 350 g/mol. The summed E-state index contributed by atoms with van der Waals surface area (Å²) in [6.07, 6.45) is 0. The molecule has 3 nitrogen and oxygen atoms in total. The number of halogens is 1.